The van der Waals surface area contributed by atoms with Crippen LogP contribution in [0.25, 0.3) is 0 Å². The summed E-state index contributed by atoms with van der Waals surface area (Å²) in [5, 5.41) is 0.260. The van der Waals surface area contributed by atoms with Crippen LogP contribution in [0.1, 0.15) is 25.8 Å². The second-order valence-corrected chi connectivity index (χ2v) is 7.13. The highest BCUT2D eigenvalue weighted by Crippen LogP contribution is 2.24. The summed E-state index contributed by atoms with van der Waals surface area (Å²) in [6.07, 6.45) is 0.694. The van der Waals surface area contributed by atoms with Crippen LogP contribution in [-0.4, -0.2) is 21.0 Å². The summed E-state index contributed by atoms with van der Waals surface area (Å²) in [4.78, 5) is 0.108. The fourth-order valence-corrected chi connectivity index (χ4v) is 3.72. The topological polar surface area (TPSA) is 72.2 Å². The Morgan fingerprint density at radius 3 is 2.45 bits per heavy atom. The van der Waals surface area contributed by atoms with Crippen LogP contribution >= 0.6 is 24.0 Å². The maximum Gasteiger partial charge on any atom is 0.242 e. The van der Waals surface area contributed by atoms with E-state index in [0.717, 1.165) is 5.56 Å². The number of benzene rings is 1. The highest BCUT2D eigenvalue weighted by Gasteiger charge is 2.22. The SMILES string of the molecule is Cc1cccc(S(=O)(=O)NC(CN)CC(C)C)c1Cl.Cl. The molecular weight excluding hydrogens is 319 g/mol. The molecule has 0 amide bonds. The van der Waals surface area contributed by atoms with Crippen molar-refractivity contribution in [2.45, 2.75) is 38.1 Å². The Balaban J connectivity index is 0.00000361. The van der Waals surface area contributed by atoms with Crippen LogP contribution < -0.4 is 10.5 Å². The van der Waals surface area contributed by atoms with Crippen molar-refractivity contribution in [3.8, 4) is 0 Å². The van der Waals surface area contributed by atoms with Gasteiger partial charge in [0.25, 0.3) is 0 Å². The first-order valence-electron chi connectivity index (χ1n) is 6.25. The molecule has 0 heterocycles. The molecule has 116 valence electrons. The van der Waals surface area contributed by atoms with Gasteiger partial charge in [0.1, 0.15) is 4.90 Å². The fourth-order valence-electron chi connectivity index (χ4n) is 1.87. The number of halogens is 2. The van der Waals surface area contributed by atoms with E-state index in [2.05, 4.69) is 4.72 Å². The Labute approximate surface area is 132 Å². The van der Waals surface area contributed by atoms with Crippen molar-refractivity contribution in [1.82, 2.24) is 4.72 Å². The van der Waals surface area contributed by atoms with Gasteiger partial charge in [0.2, 0.25) is 10.0 Å². The third kappa shape index (κ3) is 5.22. The van der Waals surface area contributed by atoms with Crippen LogP contribution in [-0.2, 0) is 10.0 Å². The summed E-state index contributed by atoms with van der Waals surface area (Å²) in [5.74, 6) is 0.365. The van der Waals surface area contributed by atoms with E-state index < -0.39 is 10.0 Å². The van der Waals surface area contributed by atoms with Gasteiger partial charge in [-0.1, -0.05) is 37.6 Å². The number of rotatable bonds is 6. The number of nitrogens with one attached hydrogen (secondary N) is 1. The summed E-state index contributed by atoms with van der Waals surface area (Å²) in [5.41, 5.74) is 6.35. The molecule has 0 aliphatic carbocycles. The summed E-state index contributed by atoms with van der Waals surface area (Å²) >= 11 is 6.06. The first kappa shape index (κ1) is 19.7. The first-order valence-corrected chi connectivity index (χ1v) is 8.11. The molecule has 1 aromatic rings. The molecule has 3 N–H and O–H groups in total. The normalized spacial score (nSPS) is 13.1. The quantitative estimate of drug-likeness (QED) is 0.836. The molecule has 7 heteroatoms. The molecule has 4 nitrogen and oxygen atoms in total. The van der Waals surface area contributed by atoms with E-state index >= 15 is 0 Å². The second-order valence-electron chi connectivity index (χ2n) is 5.07. The van der Waals surface area contributed by atoms with Crippen molar-refractivity contribution >= 4 is 34.0 Å². The minimum atomic E-state index is -3.63. The maximum atomic E-state index is 12.3. The van der Waals surface area contributed by atoms with Crippen LogP contribution in [0.3, 0.4) is 0 Å². The zero-order valence-corrected chi connectivity index (χ0v) is 14.3. The predicted molar refractivity (Wildman–Crippen MR) is 86.1 cm³/mol. The minimum Gasteiger partial charge on any atom is -0.329 e. The molecule has 1 unspecified atom stereocenters. The van der Waals surface area contributed by atoms with Gasteiger partial charge in [0.15, 0.2) is 0 Å². The van der Waals surface area contributed by atoms with Gasteiger partial charge in [0, 0.05) is 12.6 Å². The molecule has 0 aliphatic rings. The van der Waals surface area contributed by atoms with Crippen LogP contribution in [0.4, 0.5) is 0 Å². The maximum absolute atomic E-state index is 12.3. The van der Waals surface area contributed by atoms with Crippen molar-refractivity contribution < 1.29 is 8.42 Å². The van der Waals surface area contributed by atoms with E-state index in [0.29, 0.717) is 12.3 Å². The highest BCUT2D eigenvalue weighted by atomic mass is 35.5. The largest absolute Gasteiger partial charge is 0.329 e. The van der Waals surface area contributed by atoms with E-state index in [-0.39, 0.29) is 34.9 Å². The van der Waals surface area contributed by atoms with Gasteiger partial charge < -0.3 is 5.73 Å². The van der Waals surface area contributed by atoms with Crippen LogP contribution in [0.15, 0.2) is 23.1 Å². The Morgan fingerprint density at radius 2 is 1.95 bits per heavy atom. The molecule has 1 rings (SSSR count). The van der Waals surface area contributed by atoms with E-state index in [9.17, 15) is 8.42 Å². The van der Waals surface area contributed by atoms with Gasteiger partial charge in [-0.2, -0.15) is 0 Å². The molecular formula is C13H22Cl2N2O2S. The van der Waals surface area contributed by atoms with Crippen molar-refractivity contribution in [3.63, 3.8) is 0 Å². The lowest BCUT2D eigenvalue weighted by Gasteiger charge is -2.19. The van der Waals surface area contributed by atoms with Crippen LogP contribution in [0.2, 0.25) is 5.02 Å². The second kappa shape index (κ2) is 8.20. The number of aryl methyl sites for hydroxylation is 1. The van der Waals surface area contributed by atoms with Crippen molar-refractivity contribution in [1.29, 1.82) is 0 Å². The lowest BCUT2D eigenvalue weighted by atomic mass is 10.1. The molecule has 0 saturated carbocycles. The van der Waals surface area contributed by atoms with E-state index in [1.807, 2.05) is 13.8 Å². The monoisotopic (exact) mass is 340 g/mol. The van der Waals surface area contributed by atoms with Crippen LogP contribution in [0.5, 0.6) is 0 Å². The summed E-state index contributed by atoms with van der Waals surface area (Å²) < 4.78 is 27.2. The molecule has 0 aromatic heterocycles. The van der Waals surface area contributed by atoms with Crippen molar-refractivity contribution in [2.75, 3.05) is 6.54 Å². The molecule has 0 spiro atoms. The van der Waals surface area contributed by atoms with Gasteiger partial charge in [0.05, 0.1) is 5.02 Å². The number of nitrogens with two attached hydrogens (primary N) is 1. The van der Waals surface area contributed by atoms with Crippen molar-refractivity contribution in [3.05, 3.63) is 28.8 Å². The number of hydrogen-bond donors (Lipinski definition) is 2. The molecule has 0 aliphatic heterocycles. The van der Waals surface area contributed by atoms with Gasteiger partial charge in [-0.3, -0.25) is 0 Å². The lowest BCUT2D eigenvalue weighted by Crippen LogP contribution is -2.41. The van der Waals surface area contributed by atoms with Crippen LogP contribution in [0, 0.1) is 12.8 Å². The van der Waals surface area contributed by atoms with Gasteiger partial charge >= 0.3 is 0 Å². The third-order valence-electron chi connectivity index (χ3n) is 2.81. The Morgan fingerprint density at radius 1 is 1.35 bits per heavy atom. The van der Waals surface area contributed by atoms with Gasteiger partial charge in [-0.15, -0.1) is 12.4 Å². The molecule has 0 saturated heterocycles. The zero-order chi connectivity index (χ0) is 14.6. The molecule has 1 atom stereocenters. The average molecular weight is 341 g/mol. The highest BCUT2D eigenvalue weighted by molar-refractivity contribution is 7.89. The Bertz CT molecular complexity index is 533. The fraction of sp³-hybridized carbons (Fsp3) is 0.538. The third-order valence-corrected chi connectivity index (χ3v) is 4.98. The molecule has 0 fully saturated rings. The zero-order valence-electron chi connectivity index (χ0n) is 11.9. The minimum absolute atomic E-state index is 0. The Hall–Kier alpha value is -0.330. The summed E-state index contributed by atoms with van der Waals surface area (Å²) in [7, 11) is -3.63. The lowest BCUT2D eigenvalue weighted by molar-refractivity contribution is 0.465. The van der Waals surface area contributed by atoms with E-state index in [1.165, 1.54) is 6.07 Å². The number of hydrogen-bond acceptors (Lipinski definition) is 3. The predicted octanol–water partition coefficient (Wildman–Crippen LogP) is 2.72. The smallest absolute Gasteiger partial charge is 0.242 e. The van der Waals surface area contributed by atoms with E-state index in [4.69, 9.17) is 17.3 Å². The average Bonchev–Trinajstić information content (AvgIpc) is 2.30. The molecule has 0 bridgehead atoms. The summed E-state index contributed by atoms with van der Waals surface area (Å²) in [6.45, 7) is 6.09. The summed E-state index contributed by atoms with van der Waals surface area (Å²) in [6, 6.07) is 4.67. The molecule has 1 aromatic carbocycles. The molecule has 20 heavy (non-hydrogen) atoms. The van der Waals surface area contributed by atoms with E-state index in [1.54, 1.807) is 19.1 Å². The van der Waals surface area contributed by atoms with Gasteiger partial charge in [-0.25, -0.2) is 13.1 Å². The first-order chi connectivity index (χ1) is 8.77. The van der Waals surface area contributed by atoms with Crippen molar-refractivity contribution in [2.24, 2.45) is 11.7 Å². The standard InChI is InChI=1S/C13H21ClN2O2S.ClH/c1-9(2)7-11(8-15)16-19(17,18)12-6-4-5-10(3)13(12)14;/h4-6,9,11,16H,7-8,15H2,1-3H3;1H. The Kier molecular flexibility index (Phi) is 8.06. The number of sulfonamides is 1. The van der Waals surface area contributed by atoms with Gasteiger partial charge in [-0.05, 0) is 30.9 Å². The molecule has 0 radical (unpaired) electrons.